The van der Waals surface area contributed by atoms with Gasteiger partial charge in [-0.3, -0.25) is 4.90 Å². The molecule has 0 radical (unpaired) electrons. The minimum Gasteiger partial charge on any atom is -0.308 e. The summed E-state index contributed by atoms with van der Waals surface area (Å²) < 4.78 is 0. The number of nitrogens with zero attached hydrogens (tertiary/aromatic N) is 1. The zero-order valence-electron chi connectivity index (χ0n) is 13.2. The van der Waals surface area contributed by atoms with Crippen molar-refractivity contribution in [1.29, 1.82) is 0 Å². The molecular weight excluding hydrogens is 232 g/mol. The number of piperazine rings is 1. The smallest absolute Gasteiger partial charge is 0.0309 e. The van der Waals surface area contributed by atoms with E-state index in [4.69, 9.17) is 0 Å². The molecule has 3 rings (SSSR count). The molecule has 1 atom stereocenters. The van der Waals surface area contributed by atoms with Crippen LogP contribution >= 0.6 is 0 Å². The van der Waals surface area contributed by atoms with Gasteiger partial charge in [-0.1, -0.05) is 33.6 Å². The molecule has 2 aliphatic carbocycles. The number of hydrogen-bond donors (Lipinski definition) is 1. The summed E-state index contributed by atoms with van der Waals surface area (Å²) in [4.78, 5) is 2.96. The maximum atomic E-state index is 3.96. The fraction of sp³-hybridized carbons (Fsp3) is 1.00. The Kier molecular flexibility index (Phi) is 3.68. The highest BCUT2D eigenvalue weighted by atomic mass is 15.3. The molecule has 2 nitrogen and oxygen atoms in total. The van der Waals surface area contributed by atoms with Gasteiger partial charge in [-0.2, -0.15) is 0 Å². The van der Waals surface area contributed by atoms with Crippen LogP contribution in [0.4, 0.5) is 0 Å². The summed E-state index contributed by atoms with van der Waals surface area (Å²) in [6.45, 7) is 9.78. The Labute approximate surface area is 119 Å². The Bertz CT molecular complexity index is 308. The molecule has 0 aromatic rings. The maximum Gasteiger partial charge on any atom is 0.0309 e. The minimum absolute atomic E-state index is 0.475. The van der Waals surface area contributed by atoms with E-state index in [1.807, 2.05) is 0 Å². The number of nitrogens with one attached hydrogen (secondary N) is 1. The third kappa shape index (κ3) is 2.25. The summed E-state index contributed by atoms with van der Waals surface area (Å²) in [5.74, 6) is 0.773. The van der Waals surface area contributed by atoms with Gasteiger partial charge in [0.05, 0.1) is 0 Å². The standard InChI is InChI=1S/C17H32N2/c1-4-17(10-7-11-17)19-13-16(8-5-6-9-16)18-12-15(19)14(2)3/h14-15,18H,4-13H2,1-3H3. The molecule has 3 fully saturated rings. The summed E-state index contributed by atoms with van der Waals surface area (Å²) in [6, 6.07) is 0.756. The Morgan fingerprint density at radius 3 is 2.26 bits per heavy atom. The first-order valence-corrected chi connectivity index (χ1v) is 8.63. The molecule has 1 aliphatic heterocycles. The van der Waals surface area contributed by atoms with E-state index in [2.05, 4.69) is 31.0 Å². The number of rotatable bonds is 3. The average Bonchev–Trinajstić information content (AvgIpc) is 2.77. The van der Waals surface area contributed by atoms with Crippen molar-refractivity contribution >= 4 is 0 Å². The fourth-order valence-electron chi connectivity index (χ4n) is 4.86. The van der Waals surface area contributed by atoms with Crippen molar-refractivity contribution in [3.05, 3.63) is 0 Å². The van der Waals surface area contributed by atoms with Crippen LogP contribution in [0.2, 0.25) is 0 Å². The summed E-state index contributed by atoms with van der Waals surface area (Å²) in [5.41, 5.74) is 1.04. The summed E-state index contributed by atoms with van der Waals surface area (Å²) >= 11 is 0. The zero-order chi connectivity index (χ0) is 13.5. The van der Waals surface area contributed by atoms with Crippen LogP contribution in [-0.4, -0.2) is 35.1 Å². The van der Waals surface area contributed by atoms with E-state index in [0.29, 0.717) is 11.1 Å². The molecule has 0 aromatic heterocycles. The van der Waals surface area contributed by atoms with Gasteiger partial charge in [0.15, 0.2) is 0 Å². The summed E-state index contributed by atoms with van der Waals surface area (Å²) in [6.07, 6.45) is 11.4. The Morgan fingerprint density at radius 1 is 1.11 bits per heavy atom. The zero-order valence-corrected chi connectivity index (χ0v) is 13.2. The van der Waals surface area contributed by atoms with Crippen molar-refractivity contribution < 1.29 is 0 Å². The van der Waals surface area contributed by atoms with Crippen LogP contribution in [0, 0.1) is 5.92 Å². The molecule has 2 saturated carbocycles. The highest BCUT2D eigenvalue weighted by Crippen LogP contribution is 2.46. The van der Waals surface area contributed by atoms with E-state index < -0.39 is 0 Å². The first-order chi connectivity index (χ1) is 9.11. The van der Waals surface area contributed by atoms with E-state index in [1.54, 1.807) is 0 Å². The molecule has 0 bridgehead atoms. The molecular formula is C17H32N2. The van der Waals surface area contributed by atoms with Crippen LogP contribution in [0.15, 0.2) is 0 Å². The molecule has 1 heterocycles. The van der Waals surface area contributed by atoms with E-state index in [9.17, 15) is 0 Å². The lowest BCUT2D eigenvalue weighted by Crippen LogP contribution is -2.71. The number of hydrogen-bond acceptors (Lipinski definition) is 2. The SMILES string of the molecule is CCC1(N2CC3(CCCC3)NCC2C(C)C)CCC1. The van der Waals surface area contributed by atoms with Crippen LogP contribution < -0.4 is 5.32 Å². The average molecular weight is 264 g/mol. The molecule has 2 heteroatoms. The van der Waals surface area contributed by atoms with Gasteiger partial charge in [0, 0.05) is 30.2 Å². The first kappa shape index (κ1) is 13.9. The molecule has 1 saturated heterocycles. The second-order valence-electron chi connectivity index (χ2n) is 7.74. The lowest BCUT2D eigenvalue weighted by Gasteiger charge is -2.59. The van der Waals surface area contributed by atoms with Gasteiger partial charge < -0.3 is 5.32 Å². The predicted octanol–water partition coefficient (Wildman–Crippen LogP) is 3.56. The molecule has 0 amide bonds. The lowest BCUT2D eigenvalue weighted by molar-refractivity contribution is -0.0737. The van der Waals surface area contributed by atoms with Gasteiger partial charge in [-0.15, -0.1) is 0 Å². The van der Waals surface area contributed by atoms with E-state index in [1.165, 1.54) is 64.5 Å². The normalized spacial score (nSPS) is 33.8. The van der Waals surface area contributed by atoms with Crippen molar-refractivity contribution in [2.45, 2.75) is 89.3 Å². The summed E-state index contributed by atoms with van der Waals surface area (Å²) in [5, 5.41) is 3.96. The fourth-order valence-corrected chi connectivity index (χ4v) is 4.86. The van der Waals surface area contributed by atoms with Gasteiger partial charge in [0.25, 0.3) is 0 Å². The predicted molar refractivity (Wildman–Crippen MR) is 81.4 cm³/mol. The van der Waals surface area contributed by atoms with E-state index in [0.717, 1.165) is 12.0 Å². The van der Waals surface area contributed by atoms with Crippen molar-refractivity contribution in [3.8, 4) is 0 Å². The van der Waals surface area contributed by atoms with Crippen LogP contribution in [0.25, 0.3) is 0 Å². The Hall–Kier alpha value is -0.0800. The second kappa shape index (κ2) is 5.04. The van der Waals surface area contributed by atoms with Gasteiger partial charge in [0.2, 0.25) is 0 Å². The summed E-state index contributed by atoms with van der Waals surface area (Å²) in [7, 11) is 0. The Balaban J connectivity index is 1.82. The quantitative estimate of drug-likeness (QED) is 0.838. The molecule has 1 N–H and O–H groups in total. The van der Waals surface area contributed by atoms with Crippen molar-refractivity contribution in [3.63, 3.8) is 0 Å². The topological polar surface area (TPSA) is 15.3 Å². The van der Waals surface area contributed by atoms with Gasteiger partial charge in [-0.05, 0) is 44.4 Å². The van der Waals surface area contributed by atoms with Crippen molar-refractivity contribution in [1.82, 2.24) is 10.2 Å². The lowest BCUT2D eigenvalue weighted by atomic mass is 9.70. The van der Waals surface area contributed by atoms with E-state index >= 15 is 0 Å². The van der Waals surface area contributed by atoms with Gasteiger partial charge in [-0.25, -0.2) is 0 Å². The molecule has 0 aromatic carbocycles. The highest BCUT2D eigenvalue weighted by Gasteiger charge is 2.50. The third-order valence-electron chi connectivity index (χ3n) is 6.44. The Morgan fingerprint density at radius 2 is 1.79 bits per heavy atom. The molecule has 1 spiro atoms. The third-order valence-corrected chi connectivity index (χ3v) is 6.44. The van der Waals surface area contributed by atoms with Gasteiger partial charge >= 0.3 is 0 Å². The maximum absolute atomic E-state index is 3.96. The highest BCUT2D eigenvalue weighted by molar-refractivity contribution is 5.08. The molecule has 110 valence electrons. The van der Waals surface area contributed by atoms with E-state index in [-0.39, 0.29) is 0 Å². The minimum atomic E-state index is 0.475. The second-order valence-corrected chi connectivity index (χ2v) is 7.74. The molecule has 3 aliphatic rings. The van der Waals surface area contributed by atoms with Gasteiger partial charge in [0.1, 0.15) is 0 Å². The first-order valence-electron chi connectivity index (χ1n) is 8.63. The van der Waals surface area contributed by atoms with Crippen molar-refractivity contribution in [2.24, 2.45) is 5.92 Å². The molecule has 1 unspecified atom stereocenters. The monoisotopic (exact) mass is 264 g/mol. The van der Waals surface area contributed by atoms with Crippen LogP contribution in [-0.2, 0) is 0 Å². The molecule has 19 heavy (non-hydrogen) atoms. The van der Waals surface area contributed by atoms with Crippen LogP contribution in [0.3, 0.4) is 0 Å². The van der Waals surface area contributed by atoms with Crippen LogP contribution in [0.1, 0.15) is 72.1 Å². The largest absolute Gasteiger partial charge is 0.308 e. The van der Waals surface area contributed by atoms with Crippen LogP contribution in [0.5, 0.6) is 0 Å². The van der Waals surface area contributed by atoms with Crippen molar-refractivity contribution in [2.75, 3.05) is 13.1 Å².